The Kier molecular flexibility index (Phi) is 10.2. The number of esters is 1. The van der Waals surface area contributed by atoms with Crippen LogP contribution in [0.2, 0.25) is 5.02 Å². The molecule has 1 aliphatic rings. The maximum absolute atomic E-state index is 12.4. The van der Waals surface area contributed by atoms with Gasteiger partial charge in [-0.2, -0.15) is 5.10 Å². The largest absolute Gasteiger partial charge is 0.493 e. The van der Waals surface area contributed by atoms with E-state index in [4.69, 9.17) is 30.5 Å². The number of ether oxygens (including phenoxy) is 4. The molecular weight excluding hydrogens is 516 g/mol. The van der Waals surface area contributed by atoms with Gasteiger partial charge < -0.3 is 34.7 Å². The molecule has 2 atom stereocenters. The van der Waals surface area contributed by atoms with E-state index in [0.29, 0.717) is 52.3 Å². The van der Waals surface area contributed by atoms with Crippen LogP contribution in [0.4, 0.5) is 4.79 Å². The van der Waals surface area contributed by atoms with Crippen LogP contribution in [0.3, 0.4) is 0 Å². The molecule has 4 N–H and O–H groups in total. The lowest BCUT2D eigenvalue weighted by atomic mass is 9.95. The zero-order valence-corrected chi connectivity index (χ0v) is 22.3. The third kappa shape index (κ3) is 7.30. The minimum absolute atomic E-state index is 0.152. The molecule has 0 unspecified atom stereocenters. The average Bonchev–Trinajstić information content (AvgIpc) is 2.89. The molecular formula is C26H31ClN4O7. The Balaban J connectivity index is 1.71. The molecule has 0 saturated heterocycles. The summed E-state index contributed by atoms with van der Waals surface area (Å²) < 4.78 is 21.9. The molecule has 0 spiro atoms. The first-order chi connectivity index (χ1) is 18.3. The Labute approximate surface area is 225 Å². The van der Waals surface area contributed by atoms with Crippen LogP contribution in [0.15, 0.2) is 52.8 Å². The number of hydrogen-bond donors (Lipinski definition) is 4. The monoisotopic (exact) mass is 546 g/mol. The highest BCUT2D eigenvalue weighted by Gasteiger charge is 2.32. The van der Waals surface area contributed by atoms with Gasteiger partial charge in [0.25, 0.3) is 0 Å². The van der Waals surface area contributed by atoms with Crippen LogP contribution in [-0.2, 0) is 9.53 Å². The van der Waals surface area contributed by atoms with Gasteiger partial charge in [0.2, 0.25) is 0 Å². The van der Waals surface area contributed by atoms with Crippen molar-refractivity contribution in [2.45, 2.75) is 33.0 Å². The van der Waals surface area contributed by atoms with E-state index in [9.17, 15) is 14.7 Å². The normalized spacial score (nSPS) is 15.9. The summed E-state index contributed by atoms with van der Waals surface area (Å²) in [6.45, 7) is 5.97. The topological polar surface area (TPSA) is 140 Å². The van der Waals surface area contributed by atoms with Gasteiger partial charge in [0.1, 0.15) is 12.4 Å². The van der Waals surface area contributed by atoms with E-state index in [1.54, 1.807) is 43.3 Å². The molecule has 11 nitrogen and oxygen atoms in total. The second-order valence-corrected chi connectivity index (χ2v) is 8.47. The highest BCUT2D eigenvalue weighted by Crippen LogP contribution is 2.35. The van der Waals surface area contributed by atoms with Gasteiger partial charge in [0, 0.05) is 16.3 Å². The van der Waals surface area contributed by atoms with E-state index in [1.807, 2.05) is 13.8 Å². The molecule has 2 aromatic rings. The van der Waals surface area contributed by atoms with Crippen molar-refractivity contribution in [3.05, 3.63) is 63.8 Å². The summed E-state index contributed by atoms with van der Waals surface area (Å²) in [5.74, 6) is 0.768. The second kappa shape index (κ2) is 13.5. The van der Waals surface area contributed by atoms with Crippen molar-refractivity contribution in [1.82, 2.24) is 16.1 Å². The Morgan fingerprint density at radius 1 is 1.13 bits per heavy atom. The Morgan fingerprint density at radius 3 is 2.55 bits per heavy atom. The van der Waals surface area contributed by atoms with Gasteiger partial charge in [0.05, 0.1) is 38.2 Å². The van der Waals surface area contributed by atoms with Gasteiger partial charge in [-0.3, -0.25) is 5.43 Å². The molecule has 0 fully saturated rings. The van der Waals surface area contributed by atoms with Crippen molar-refractivity contribution in [1.29, 1.82) is 0 Å². The highest BCUT2D eigenvalue weighted by molar-refractivity contribution is 6.30. The van der Waals surface area contributed by atoms with Gasteiger partial charge >= 0.3 is 12.0 Å². The number of allylic oxidation sites excluding steroid dienone is 1. The van der Waals surface area contributed by atoms with Crippen molar-refractivity contribution in [2.24, 2.45) is 5.10 Å². The number of nitrogens with zero attached hydrogens (tertiary/aromatic N) is 1. The molecule has 1 heterocycles. The Hall–Kier alpha value is -3.96. The van der Waals surface area contributed by atoms with E-state index < -0.39 is 24.3 Å². The van der Waals surface area contributed by atoms with Crippen LogP contribution in [0.1, 0.15) is 37.9 Å². The van der Waals surface area contributed by atoms with E-state index >= 15 is 0 Å². The summed E-state index contributed by atoms with van der Waals surface area (Å²) >= 11 is 6.05. The number of methoxy groups -OCH3 is 1. The Bertz CT molecular complexity index is 1220. The van der Waals surface area contributed by atoms with Gasteiger partial charge in [-0.1, -0.05) is 17.7 Å². The van der Waals surface area contributed by atoms with Gasteiger partial charge in [-0.15, -0.1) is 0 Å². The maximum Gasteiger partial charge on any atom is 0.337 e. The lowest BCUT2D eigenvalue weighted by molar-refractivity contribution is -0.136. The predicted octanol–water partition coefficient (Wildman–Crippen LogP) is 3.26. The number of hydrazone groups is 1. The highest BCUT2D eigenvalue weighted by atomic mass is 35.5. The van der Waals surface area contributed by atoms with Crippen LogP contribution in [0.25, 0.3) is 0 Å². The first-order valence-corrected chi connectivity index (χ1v) is 12.3. The predicted molar refractivity (Wildman–Crippen MR) is 142 cm³/mol. The van der Waals surface area contributed by atoms with Crippen LogP contribution in [-0.4, -0.2) is 56.5 Å². The first kappa shape index (κ1) is 28.6. The van der Waals surface area contributed by atoms with Gasteiger partial charge in [0.15, 0.2) is 17.7 Å². The maximum atomic E-state index is 12.4. The lowest BCUT2D eigenvalue weighted by Gasteiger charge is -2.28. The number of rotatable bonds is 12. The third-order valence-corrected chi connectivity index (χ3v) is 5.61. The summed E-state index contributed by atoms with van der Waals surface area (Å²) in [7, 11) is 1.27. The number of urea groups is 1. The molecule has 2 amide bonds. The Morgan fingerprint density at radius 2 is 1.84 bits per heavy atom. The average molecular weight is 547 g/mol. The number of aliphatic hydroxyl groups excluding tert-OH is 1. The van der Waals surface area contributed by atoms with Gasteiger partial charge in [-0.05, 0) is 56.7 Å². The van der Waals surface area contributed by atoms with Crippen molar-refractivity contribution in [3.8, 4) is 17.2 Å². The van der Waals surface area contributed by atoms with E-state index in [1.165, 1.54) is 13.3 Å². The van der Waals surface area contributed by atoms with E-state index in [0.717, 1.165) is 0 Å². The van der Waals surface area contributed by atoms with Crippen LogP contribution in [0.5, 0.6) is 17.2 Å². The standard InChI is InChI=1S/C26H31ClN4O7/c1-5-36-19-10-8-18(27)11-17(19)13-28-31-22(32)14-38-20-9-7-16(12-21(20)37-6-2)24-23(25(33)35-4)15(3)29-26(34)30-24/h7-13,22,24,31-32H,5-6,14H2,1-4H3,(H2,29,30,34)/b28-13+/t22-,24+/m1/s1. The molecule has 12 heteroatoms. The van der Waals surface area contributed by atoms with Gasteiger partial charge in [-0.25, -0.2) is 9.59 Å². The zero-order chi connectivity index (χ0) is 27.7. The van der Waals surface area contributed by atoms with E-state index in [2.05, 4.69) is 21.2 Å². The van der Waals surface area contributed by atoms with Crippen molar-refractivity contribution in [3.63, 3.8) is 0 Å². The second-order valence-electron chi connectivity index (χ2n) is 8.03. The van der Waals surface area contributed by atoms with Crippen molar-refractivity contribution in [2.75, 3.05) is 26.9 Å². The third-order valence-electron chi connectivity index (χ3n) is 5.37. The van der Waals surface area contributed by atoms with Crippen molar-refractivity contribution >= 4 is 29.8 Å². The molecule has 0 saturated carbocycles. The molecule has 3 rings (SSSR count). The molecule has 0 radical (unpaired) electrons. The number of nitrogens with one attached hydrogen (secondary N) is 3. The number of carbonyl (C=O) groups is 2. The number of hydrogen-bond acceptors (Lipinski definition) is 9. The molecule has 38 heavy (non-hydrogen) atoms. The molecule has 0 aromatic heterocycles. The number of aliphatic hydroxyl groups is 1. The fourth-order valence-corrected chi connectivity index (χ4v) is 3.90. The number of halogens is 1. The zero-order valence-electron chi connectivity index (χ0n) is 21.5. The fourth-order valence-electron chi connectivity index (χ4n) is 3.72. The molecule has 0 bridgehead atoms. The SMILES string of the molecule is CCOc1ccc(Cl)cc1/C=N/N[C@H](O)COc1ccc([C@@H]2NC(=O)NC(C)=C2C(=O)OC)cc1OCC. The van der Waals surface area contributed by atoms with Crippen LogP contribution >= 0.6 is 11.6 Å². The minimum atomic E-state index is -1.14. The fraction of sp³-hybridized carbons (Fsp3) is 0.346. The summed E-state index contributed by atoms with van der Waals surface area (Å²) in [6.07, 6.45) is 0.345. The summed E-state index contributed by atoms with van der Waals surface area (Å²) in [5, 5.41) is 20.2. The molecule has 2 aromatic carbocycles. The number of carbonyl (C=O) groups excluding carboxylic acids is 2. The quantitative estimate of drug-likeness (QED) is 0.138. The summed E-state index contributed by atoms with van der Waals surface area (Å²) in [5.41, 5.74) is 4.49. The number of amides is 2. The van der Waals surface area contributed by atoms with Crippen LogP contribution < -0.4 is 30.3 Å². The minimum Gasteiger partial charge on any atom is -0.493 e. The smallest absolute Gasteiger partial charge is 0.337 e. The van der Waals surface area contributed by atoms with E-state index in [-0.39, 0.29) is 12.2 Å². The van der Waals surface area contributed by atoms with Crippen molar-refractivity contribution < 1.29 is 33.6 Å². The number of benzene rings is 2. The molecule has 0 aliphatic carbocycles. The summed E-state index contributed by atoms with van der Waals surface area (Å²) in [4.78, 5) is 24.5. The first-order valence-electron chi connectivity index (χ1n) is 11.9. The summed E-state index contributed by atoms with van der Waals surface area (Å²) in [6, 6.07) is 8.95. The molecule has 1 aliphatic heterocycles. The lowest BCUT2D eigenvalue weighted by Crippen LogP contribution is -2.45. The van der Waals surface area contributed by atoms with Crippen LogP contribution in [0, 0.1) is 0 Å². The molecule has 204 valence electrons.